The fraction of sp³-hybridized carbons (Fsp3) is 0.882. The SMILES string of the molecule is CCC1CC1CCCC(C)C(C)=C(C)C(C)C. The third-order valence-electron chi connectivity index (χ3n) is 5.03. The third-order valence-corrected chi connectivity index (χ3v) is 5.03. The minimum Gasteiger partial charge on any atom is -0.0716 e. The molecule has 1 aliphatic rings. The molecule has 0 heteroatoms. The highest BCUT2D eigenvalue weighted by molar-refractivity contribution is 5.13. The van der Waals surface area contributed by atoms with Crippen LogP contribution >= 0.6 is 0 Å². The monoisotopic (exact) mass is 236 g/mol. The first-order valence-electron chi connectivity index (χ1n) is 7.64. The Morgan fingerprint density at radius 1 is 1.06 bits per heavy atom. The van der Waals surface area contributed by atoms with E-state index < -0.39 is 0 Å². The smallest absolute Gasteiger partial charge is 0.0232 e. The van der Waals surface area contributed by atoms with Crippen LogP contribution in [0.4, 0.5) is 0 Å². The molecule has 0 aromatic carbocycles. The molecule has 0 nitrogen and oxygen atoms in total. The van der Waals surface area contributed by atoms with Gasteiger partial charge >= 0.3 is 0 Å². The van der Waals surface area contributed by atoms with Gasteiger partial charge in [0.25, 0.3) is 0 Å². The van der Waals surface area contributed by atoms with Gasteiger partial charge in [0.15, 0.2) is 0 Å². The summed E-state index contributed by atoms with van der Waals surface area (Å²) in [5.41, 5.74) is 3.25. The summed E-state index contributed by atoms with van der Waals surface area (Å²) in [5.74, 6) is 3.67. The minimum atomic E-state index is 0.713. The van der Waals surface area contributed by atoms with Crippen LogP contribution < -0.4 is 0 Å². The van der Waals surface area contributed by atoms with Gasteiger partial charge in [0.05, 0.1) is 0 Å². The van der Waals surface area contributed by atoms with Gasteiger partial charge in [0, 0.05) is 0 Å². The molecule has 0 heterocycles. The van der Waals surface area contributed by atoms with Crippen molar-refractivity contribution in [3.63, 3.8) is 0 Å². The van der Waals surface area contributed by atoms with Crippen LogP contribution in [0.3, 0.4) is 0 Å². The van der Waals surface area contributed by atoms with E-state index >= 15 is 0 Å². The highest BCUT2D eigenvalue weighted by atomic mass is 14.4. The van der Waals surface area contributed by atoms with E-state index in [9.17, 15) is 0 Å². The molecule has 17 heavy (non-hydrogen) atoms. The van der Waals surface area contributed by atoms with Gasteiger partial charge in [-0.1, -0.05) is 58.1 Å². The predicted octanol–water partition coefficient (Wildman–Crippen LogP) is 5.83. The van der Waals surface area contributed by atoms with Crippen LogP contribution in [0.5, 0.6) is 0 Å². The molecule has 0 aromatic rings. The van der Waals surface area contributed by atoms with E-state index in [1.807, 2.05) is 0 Å². The molecular weight excluding hydrogens is 204 g/mol. The Labute approximate surface area is 109 Å². The summed E-state index contributed by atoms with van der Waals surface area (Å²) in [6, 6.07) is 0. The van der Waals surface area contributed by atoms with E-state index in [-0.39, 0.29) is 0 Å². The Morgan fingerprint density at radius 3 is 2.18 bits per heavy atom. The molecule has 1 rings (SSSR count). The van der Waals surface area contributed by atoms with Gasteiger partial charge in [0.1, 0.15) is 0 Å². The normalized spacial score (nSPS) is 27.0. The van der Waals surface area contributed by atoms with Crippen molar-refractivity contribution in [3.8, 4) is 0 Å². The van der Waals surface area contributed by atoms with Gasteiger partial charge in [-0.15, -0.1) is 0 Å². The summed E-state index contributed by atoms with van der Waals surface area (Å²) in [5, 5.41) is 0. The largest absolute Gasteiger partial charge is 0.0716 e. The van der Waals surface area contributed by atoms with E-state index in [1.54, 1.807) is 11.1 Å². The number of hydrogen-bond acceptors (Lipinski definition) is 0. The van der Waals surface area contributed by atoms with Crippen LogP contribution in [0, 0.1) is 23.7 Å². The molecule has 0 N–H and O–H groups in total. The maximum Gasteiger partial charge on any atom is -0.0232 e. The fourth-order valence-corrected chi connectivity index (χ4v) is 2.91. The van der Waals surface area contributed by atoms with Gasteiger partial charge in [-0.3, -0.25) is 0 Å². The van der Waals surface area contributed by atoms with Crippen molar-refractivity contribution in [1.29, 1.82) is 0 Å². The fourth-order valence-electron chi connectivity index (χ4n) is 2.91. The van der Waals surface area contributed by atoms with E-state index in [2.05, 4.69) is 41.5 Å². The van der Waals surface area contributed by atoms with E-state index in [1.165, 1.54) is 32.1 Å². The Kier molecular flexibility index (Phi) is 5.76. The summed E-state index contributed by atoms with van der Waals surface area (Å²) in [6.45, 7) is 14.0. The summed E-state index contributed by atoms with van der Waals surface area (Å²) in [4.78, 5) is 0. The number of allylic oxidation sites excluding steroid dienone is 2. The second-order valence-corrected chi connectivity index (χ2v) is 6.52. The van der Waals surface area contributed by atoms with Gasteiger partial charge < -0.3 is 0 Å². The lowest BCUT2D eigenvalue weighted by Gasteiger charge is -2.18. The molecule has 0 aromatic heterocycles. The molecule has 0 spiro atoms. The summed E-state index contributed by atoms with van der Waals surface area (Å²) >= 11 is 0. The average Bonchev–Trinajstić information content (AvgIpc) is 3.05. The van der Waals surface area contributed by atoms with Crippen molar-refractivity contribution >= 4 is 0 Å². The van der Waals surface area contributed by atoms with E-state index in [0.29, 0.717) is 5.92 Å². The van der Waals surface area contributed by atoms with Crippen molar-refractivity contribution < 1.29 is 0 Å². The van der Waals surface area contributed by atoms with Crippen molar-refractivity contribution in [3.05, 3.63) is 11.1 Å². The van der Waals surface area contributed by atoms with Crippen LogP contribution in [0.15, 0.2) is 11.1 Å². The lowest BCUT2D eigenvalue weighted by Crippen LogP contribution is -2.03. The zero-order valence-corrected chi connectivity index (χ0v) is 12.8. The molecule has 100 valence electrons. The summed E-state index contributed by atoms with van der Waals surface area (Å²) in [7, 11) is 0. The molecule has 3 unspecified atom stereocenters. The second kappa shape index (κ2) is 6.61. The van der Waals surface area contributed by atoms with Crippen LogP contribution in [-0.2, 0) is 0 Å². The molecule has 1 fully saturated rings. The van der Waals surface area contributed by atoms with Gasteiger partial charge in [-0.2, -0.15) is 0 Å². The van der Waals surface area contributed by atoms with Crippen molar-refractivity contribution in [2.45, 2.75) is 73.6 Å². The quantitative estimate of drug-likeness (QED) is 0.488. The predicted molar refractivity (Wildman–Crippen MR) is 78.1 cm³/mol. The molecule has 0 aliphatic heterocycles. The highest BCUT2D eigenvalue weighted by Gasteiger charge is 2.34. The van der Waals surface area contributed by atoms with Crippen LogP contribution in [0.25, 0.3) is 0 Å². The van der Waals surface area contributed by atoms with Crippen LogP contribution in [-0.4, -0.2) is 0 Å². The number of rotatable bonds is 7. The first kappa shape index (κ1) is 14.8. The van der Waals surface area contributed by atoms with Crippen molar-refractivity contribution in [1.82, 2.24) is 0 Å². The average molecular weight is 236 g/mol. The zero-order chi connectivity index (χ0) is 13.0. The molecule has 3 atom stereocenters. The highest BCUT2D eigenvalue weighted by Crippen LogP contribution is 2.44. The topological polar surface area (TPSA) is 0 Å². The lowest BCUT2D eigenvalue weighted by molar-refractivity contribution is 0.512. The van der Waals surface area contributed by atoms with Crippen LogP contribution in [0.1, 0.15) is 73.6 Å². The maximum atomic E-state index is 2.41. The molecule has 1 saturated carbocycles. The molecule has 0 amide bonds. The lowest BCUT2D eigenvalue weighted by atomic mass is 9.88. The van der Waals surface area contributed by atoms with E-state index in [4.69, 9.17) is 0 Å². The maximum absolute atomic E-state index is 2.41. The van der Waals surface area contributed by atoms with Crippen molar-refractivity contribution in [2.24, 2.45) is 23.7 Å². The molecule has 1 aliphatic carbocycles. The second-order valence-electron chi connectivity index (χ2n) is 6.52. The summed E-state index contributed by atoms with van der Waals surface area (Å²) < 4.78 is 0. The number of hydrogen-bond donors (Lipinski definition) is 0. The molecule has 0 radical (unpaired) electrons. The van der Waals surface area contributed by atoms with Crippen molar-refractivity contribution in [2.75, 3.05) is 0 Å². The Bertz CT molecular complexity index is 259. The molecule has 0 bridgehead atoms. The Balaban J connectivity index is 2.25. The standard InChI is InChI=1S/C17H32/c1-7-16-11-17(16)10-8-9-13(4)15(6)14(5)12(2)3/h12-13,16-17H,7-11H2,1-6H3. The Hall–Kier alpha value is -0.260. The summed E-state index contributed by atoms with van der Waals surface area (Å²) in [6.07, 6.45) is 7.24. The minimum absolute atomic E-state index is 0.713. The first-order valence-corrected chi connectivity index (χ1v) is 7.64. The third kappa shape index (κ3) is 4.48. The zero-order valence-electron chi connectivity index (χ0n) is 12.8. The van der Waals surface area contributed by atoms with Gasteiger partial charge in [-0.05, 0) is 50.4 Å². The Morgan fingerprint density at radius 2 is 1.71 bits per heavy atom. The van der Waals surface area contributed by atoms with Gasteiger partial charge in [-0.25, -0.2) is 0 Å². The molecule has 0 saturated heterocycles. The molecular formula is C17H32. The van der Waals surface area contributed by atoms with Crippen LogP contribution in [0.2, 0.25) is 0 Å². The van der Waals surface area contributed by atoms with Gasteiger partial charge in [0.2, 0.25) is 0 Å². The first-order chi connectivity index (χ1) is 7.97. The van der Waals surface area contributed by atoms with E-state index in [0.717, 1.165) is 17.8 Å².